The molecule has 0 unspecified atom stereocenters. The fourth-order valence-corrected chi connectivity index (χ4v) is 3.81. The van der Waals surface area contributed by atoms with Crippen LogP contribution in [0.25, 0.3) is 15.2 Å². The fraction of sp³-hybridized carbons (Fsp3) is 0.105. The zero-order chi connectivity index (χ0) is 20.4. The number of nitrogens with zero attached hydrogens (tertiary/aromatic N) is 3. The Morgan fingerprint density at radius 1 is 1.17 bits per heavy atom. The number of carbonyl (C=O) groups is 1. The Morgan fingerprint density at radius 2 is 1.93 bits per heavy atom. The van der Waals surface area contributed by atoms with E-state index in [1.54, 1.807) is 6.07 Å². The first-order chi connectivity index (χ1) is 14.0. The van der Waals surface area contributed by atoms with Gasteiger partial charge in [-0.3, -0.25) is 19.3 Å². The van der Waals surface area contributed by atoms with E-state index >= 15 is 0 Å². The van der Waals surface area contributed by atoms with Gasteiger partial charge in [0.05, 0.1) is 20.8 Å². The van der Waals surface area contributed by atoms with Crippen LogP contribution in [0.2, 0.25) is 0 Å². The zero-order valence-electron chi connectivity index (χ0n) is 14.8. The molecule has 0 N–H and O–H groups in total. The lowest BCUT2D eigenvalue weighted by molar-refractivity contribution is -0.385. The summed E-state index contributed by atoms with van der Waals surface area (Å²) in [6.07, 6.45) is 0. The molecule has 0 atom stereocenters. The van der Waals surface area contributed by atoms with Gasteiger partial charge in [-0.1, -0.05) is 35.6 Å². The predicted octanol–water partition coefficient (Wildman–Crippen LogP) is 2.94. The van der Waals surface area contributed by atoms with Crippen LogP contribution in [-0.2, 0) is 16.1 Å². The number of esters is 1. The third-order valence-electron chi connectivity index (χ3n) is 4.04. The first-order valence-corrected chi connectivity index (χ1v) is 9.26. The van der Waals surface area contributed by atoms with Crippen LogP contribution in [0, 0.1) is 10.1 Å². The highest BCUT2D eigenvalue weighted by atomic mass is 32.1. The highest BCUT2D eigenvalue weighted by molar-refractivity contribution is 7.23. The van der Waals surface area contributed by atoms with Gasteiger partial charge in [0.15, 0.2) is 17.3 Å². The second-order valence-corrected chi connectivity index (χ2v) is 6.96. The van der Waals surface area contributed by atoms with E-state index in [4.69, 9.17) is 9.47 Å². The third kappa shape index (κ3) is 3.78. The van der Waals surface area contributed by atoms with Gasteiger partial charge in [-0.25, -0.2) is 9.78 Å². The van der Waals surface area contributed by atoms with Gasteiger partial charge in [0, 0.05) is 12.1 Å². The Kier molecular flexibility index (Phi) is 4.92. The van der Waals surface area contributed by atoms with Crippen molar-refractivity contribution in [3.8, 4) is 5.75 Å². The van der Waals surface area contributed by atoms with Crippen LogP contribution >= 0.6 is 11.3 Å². The largest absolute Gasteiger partial charge is 0.475 e. The lowest BCUT2D eigenvalue weighted by atomic mass is 10.3. The third-order valence-corrected chi connectivity index (χ3v) is 5.06. The van der Waals surface area contributed by atoms with Gasteiger partial charge >= 0.3 is 11.7 Å². The van der Waals surface area contributed by atoms with Crippen molar-refractivity contribution in [3.05, 3.63) is 80.8 Å². The number of para-hydroxylation sites is 3. The number of carbonyl (C=O) groups excluding carboxylic acids is 1. The molecule has 0 aliphatic rings. The van der Waals surface area contributed by atoms with E-state index in [9.17, 15) is 19.7 Å². The van der Waals surface area contributed by atoms with Crippen molar-refractivity contribution in [1.29, 1.82) is 0 Å². The zero-order valence-corrected chi connectivity index (χ0v) is 15.6. The molecule has 29 heavy (non-hydrogen) atoms. The summed E-state index contributed by atoms with van der Waals surface area (Å²) in [6.45, 7) is -0.714. The average molecular weight is 411 g/mol. The molecule has 2 aromatic carbocycles. The minimum atomic E-state index is -0.735. The van der Waals surface area contributed by atoms with Gasteiger partial charge in [0.25, 0.3) is 5.56 Å². The van der Waals surface area contributed by atoms with Crippen molar-refractivity contribution in [3.63, 3.8) is 0 Å². The molecule has 10 heteroatoms. The maximum atomic E-state index is 12.4. The Bertz CT molecular complexity index is 1300. The Balaban J connectivity index is 1.44. The lowest BCUT2D eigenvalue weighted by Crippen LogP contribution is -2.18. The topological polar surface area (TPSA) is 113 Å². The number of hydrogen-bond donors (Lipinski definition) is 0. The van der Waals surface area contributed by atoms with E-state index in [0.29, 0.717) is 10.7 Å². The maximum Gasteiger partial charge on any atom is 0.344 e. The molecule has 2 aromatic heterocycles. The summed E-state index contributed by atoms with van der Waals surface area (Å²) in [7, 11) is 0. The Labute approximate surface area is 166 Å². The van der Waals surface area contributed by atoms with Crippen LogP contribution in [0.3, 0.4) is 0 Å². The van der Waals surface area contributed by atoms with Gasteiger partial charge in [-0.2, -0.15) is 0 Å². The van der Waals surface area contributed by atoms with Crippen molar-refractivity contribution in [1.82, 2.24) is 9.38 Å². The summed E-state index contributed by atoms with van der Waals surface area (Å²) >= 11 is 1.36. The van der Waals surface area contributed by atoms with E-state index in [2.05, 4.69) is 4.98 Å². The Morgan fingerprint density at radius 3 is 2.76 bits per heavy atom. The minimum absolute atomic E-state index is 0.0301. The number of ether oxygens (including phenoxy) is 2. The van der Waals surface area contributed by atoms with Crippen molar-refractivity contribution >= 4 is 38.2 Å². The van der Waals surface area contributed by atoms with Gasteiger partial charge in [0.1, 0.15) is 6.61 Å². The van der Waals surface area contributed by atoms with Crippen LogP contribution < -0.4 is 10.3 Å². The summed E-state index contributed by atoms with van der Waals surface area (Å²) < 4.78 is 12.7. The number of fused-ring (bicyclic) bond motifs is 3. The van der Waals surface area contributed by atoms with E-state index in [1.807, 2.05) is 24.3 Å². The second-order valence-electron chi connectivity index (χ2n) is 5.95. The summed E-state index contributed by atoms with van der Waals surface area (Å²) in [4.78, 5) is 39.6. The normalized spacial score (nSPS) is 10.9. The number of nitro benzene ring substituents is 1. The van der Waals surface area contributed by atoms with Crippen LogP contribution in [0.5, 0.6) is 5.75 Å². The van der Waals surface area contributed by atoms with Gasteiger partial charge in [0.2, 0.25) is 0 Å². The fourth-order valence-electron chi connectivity index (χ4n) is 2.76. The Hall–Kier alpha value is -3.79. The van der Waals surface area contributed by atoms with E-state index in [-0.39, 0.29) is 23.6 Å². The first-order valence-electron chi connectivity index (χ1n) is 8.45. The van der Waals surface area contributed by atoms with Gasteiger partial charge < -0.3 is 9.47 Å². The summed E-state index contributed by atoms with van der Waals surface area (Å²) in [5.41, 5.74) is 0.562. The predicted molar refractivity (Wildman–Crippen MR) is 105 cm³/mol. The van der Waals surface area contributed by atoms with Crippen LogP contribution in [0.4, 0.5) is 5.69 Å². The molecule has 9 nitrogen and oxygen atoms in total. The maximum absolute atomic E-state index is 12.4. The van der Waals surface area contributed by atoms with E-state index in [1.165, 1.54) is 40.0 Å². The monoisotopic (exact) mass is 411 g/mol. The molecule has 4 rings (SSSR count). The smallest absolute Gasteiger partial charge is 0.344 e. The van der Waals surface area contributed by atoms with Crippen LogP contribution in [0.15, 0.2) is 59.4 Å². The number of benzene rings is 2. The molecule has 0 saturated heterocycles. The molecule has 2 heterocycles. The molecular formula is C19H13N3O6S. The molecule has 0 radical (unpaired) electrons. The molecule has 0 bridgehead atoms. The molecule has 146 valence electrons. The van der Waals surface area contributed by atoms with Crippen molar-refractivity contribution in [2.45, 2.75) is 6.61 Å². The number of nitro groups is 1. The van der Waals surface area contributed by atoms with Crippen LogP contribution in [-0.4, -0.2) is 26.9 Å². The molecule has 0 aliphatic heterocycles. The molecule has 4 aromatic rings. The summed E-state index contributed by atoms with van der Waals surface area (Å²) in [5, 5.41) is 11.0. The number of aromatic nitrogens is 2. The van der Waals surface area contributed by atoms with Gasteiger partial charge in [-0.05, 0) is 18.2 Å². The summed E-state index contributed by atoms with van der Waals surface area (Å²) in [5.74, 6) is -0.765. The molecule has 0 amide bonds. The van der Waals surface area contributed by atoms with Gasteiger partial charge in [-0.15, -0.1) is 0 Å². The molecule has 0 fully saturated rings. The molecule has 0 spiro atoms. The second kappa shape index (κ2) is 7.68. The molecular weight excluding hydrogens is 398 g/mol. The number of hydrogen-bond acceptors (Lipinski definition) is 8. The number of thiazole rings is 1. The minimum Gasteiger partial charge on any atom is -0.475 e. The van der Waals surface area contributed by atoms with Crippen molar-refractivity contribution in [2.75, 3.05) is 6.61 Å². The standard InChI is InChI=1S/C19H13N3O6S/c23-17-9-12(20-19-21(17)14-6-2-4-8-16(14)29-19)10-28-18(24)11-27-15-7-3-1-5-13(15)22(25)26/h1-9H,10-11H2. The average Bonchev–Trinajstić information content (AvgIpc) is 3.09. The lowest BCUT2D eigenvalue weighted by Gasteiger charge is -2.07. The molecule has 0 saturated carbocycles. The van der Waals surface area contributed by atoms with E-state index < -0.39 is 17.5 Å². The summed E-state index contributed by atoms with van der Waals surface area (Å²) in [6, 6.07) is 14.5. The van der Waals surface area contributed by atoms with Crippen molar-refractivity contribution in [2.24, 2.45) is 0 Å². The number of rotatable bonds is 6. The van der Waals surface area contributed by atoms with Crippen LogP contribution in [0.1, 0.15) is 5.69 Å². The van der Waals surface area contributed by atoms with Crippen molar-refractivity contribution < 1.29 is 19.2 Å². The highest BCUT2D eigenvalue weighted by Crippen LogP contribution is 2.26. The first kappa shape index (κ1) is 18.6. The SMILES string of the molecule is O=C(COc1ccccc1[N+](=O)[O-])OCc1cc(=O)n2c(n1)sc1ccccc12. The quantitative estimate of drug-likeness (QED) is 0.272. The molecule has 0 aliphatic carbocycles. The highest BCUT2D eigenvalue weighted by Gasteiger charge is 2.16. The van der Waals surface area contributed by atoms with E-state index in [0.717, 1.165) is 10.2 Å².